The van der Waals surface area contributed by atoms with Gasteiger partial charge in [0.05, 0.1) is 12.2 Å². The van der Waals surface area contributed by atoms with E-state index in [2.05, 4.69) is 4.98 Å². The van der Waals surface area contributed by atoms with E-state index >= 15 is 0 Å². The number of hydrogen-bond donors (Lipinski definition) is 1. The Morgan fingerprint density at radius 1 is 1.10 bits per heavy atom. The molecule has 146 valence electrons. The molecule has 2 aromatic carbocycles. The van der Waals surface area contributed by atoms with Crippen molar-refractivity contribution in [1.29, 1.82) is 0 Å². The van der Waals surface area contributed by atoms with Crippen molar-refractivity contribution in [1.82, 2.24) is 9.88 Å². The van der Waals surface area contributed by atoms with E-state index < -0.39 is 5.97 Å². The lowest BCUT2D eigenvalue weighted by Gasteiger charge is -2.26. The highest BCUT2D eigenvalue weighted by molar-refractivity contribution is 5.92. The van der Waals surface area contributed by atoms with Gasteiger partial charge in [0.15, 0.2) is 11.3 Å². The minimum absolute atomic E-state index is 0.0172. The quantitative estimate of drug-likeness (QED) is 0.568. The van der Waals surface area contributed by atoms with Crippen LogP contribution in [0.3, 0.4) is 0 Å². The number of carbonyl (C=O) groups excluding carboxylic acids is 1. The molecule has 29 heavy (non-hydrogen) atoms. The summed E-state index contributed by atoms with van der Waals surface area (Å²) in [6.45, 7) is 1.76. The van der Waals surface area contributed by atoms with Crippen molar-refractivity contribution >= 4 is 33.9 Å². The molecule has 0 spiro atoms. The van der Waals surface area contributed by atoms with Gasteiger partial charge in [-0.1, -0.05) is 6.07 Å². The molecule has 0 saturated carbocycles. The number of oxazole rings is 1. The first-order valence-corrected chi connectivity index (χ1v) is 9.09. The van der Waals surface area contributed by atoms with Gasteiger partial charge in [0.25, 0.3) is 5.89 Å². The number of ether oxygens (including phenoxy) is 1. The molecule has 0 unspecified atom stereocenters. The maximum Gasteiger partial charge on any atom is 0.335 e. The Hall–Kier alpha value is -3.65. The molecule has 1 saturated heterocycles. The normalized spacial score (nSPS) is 14.8. The summed E-state index contributed by atoms with van der Waals surface area (Å²) in [6, 6.07) is 12.1. The number of nitrogens with zero attached hydrogens (tertiary/aromatic N) is 2. The van der Waals surface area contributed by atoms with Crippen molar-refractivity contribution in [3.05, 3.63) is 53.6 Å². The first-order chi connectivity index (χ1) is 14.1. The fourth-order valence-corrected chi connectivity index (χ4v) is 3.40. The van der Waals surface area contributed by atoms with Crippen molar-refractivity contribution in [3.63, 3.8) is 0 Å². The van der Waals surface area contributed by atoms with Crippen molar-refractivity contribution in [2.45, 2.75) is 6.54 Å². The van der Waals surface area contributed by atoms with Gasteiger partial charge in [-0.25, -0.2) is 9.78 Å². The maximum absolute atomic E-state index is 11.9. The van der Waals surface area contributed by atoms with E-state index in [-0.39, 0.29) is 24.0 Å². The highest BCUT2D eigenvalue weighted by Crippen LogP contribution is 2.31. The third-order valence-electron chi connectivity index (χ3n) is 4.88. The summed E-state index contributed by atoms with van der Waals surface area (Å²) in [7, 11) is 0. The minimum Gasteiger partial charge on any atom is -0.478 e. The molecule has 1 fully saturated rings. The van der Waals surface area contributed by atoms with E-state index in [0.717, 1.165) is 10.9 Å². The first kappa shape index (κ1) is 17.4. The molecule has 8 heteroatoms. The number of aromatic nitrogens is 1. The fourth-order valence-electron chi connectivity index (χ4n) is 3.40. The van der Waals surface area contributed by atoms with Gasteiger partial charge < -0.3 is 23.6 Å². The number of morpholine rings is 1. The molecule has 0 aliphatic carbocycles. The zero-order valence-corrected chi connectivity index (χ0v) is 15.3. The number of hydrogen-bond acceptors (Lipinski definition) is 6. The predicted octanol–water partition coefficient (Wildman–Crippen LogP) is 3.30. The second-order valence-corrected chi connectivity index (χ2v) is 6.86. The molecule has 4 aromatic rings. The number of aromatic carboxylic acids is 1. The molecular weight excluding hydrogens is 376 g/mol. The Balaban J connectivity index is 1.46. The number of rotatable bonds is 4. The molecule has 0 bridgehead atoms. The number of carboxylic acid groups (broad SMARTS) is 1. The first-order valence-electron chi connectivity index (χ1n) is 9.09. The fraction of sp³-hybridized carbons (Fsp3) is 0.190. The van der Waals surface area contributed by atoms with E-state index in [4.69, 9.17) is 18.7 Å². The summed E-state index contributed by atoms with van der Waals surface area (Å²) in [5, 5.41) is 9.98. The van der Waals surface area contributed by atoms with Crippen molar-refractivity contribution in [3.8, 4) is 11.7 Å². The van der Waals surface area contributed by atoms with Gasteiger partial charge in [-0.15, -0.1) is 0 Å². The lowest BCUT2D eigenvalue weighted by Crippen LogP contribution is -2.40. The van der Waals surface area contributed by atoms with Crippen LogP contribution in [0.1, 0.15) is 15.9 Å². The van der Waals surface area contributed by atoms with Crippen LogP contribution in [0.5, 0.6) is 0 Å². The van der Waals surface area contributed by atoms with Crippen LogP contribution in [0.15, 0.2) is 51.3 Å². The number of amides is 1. The largest absolute Gasteiger partial charge is 0.478 e. The highest BCUT2D eigenvalue weighted by Gasteiger charge is 2.19. The maximum atomic E-state index is 11.9. The standard InChI is InChI=1S/C21H16N2O6/c24-19-11-27-6-5-23(19)10-12-1-4-16-14(7-12)9-18(28-16)20-22-15-3-2-13(21(25)26)8-17(15)29-20/h1-4,7-9H,5-6,10-11H2,(H,25,26). The number of furan rings is 1. The van der Waals surface area contributed by atoms with E-state index in [0.29, 0.717) is 42.1 Å². The summed E-state index contributed by atoms with van der Waals surface area (Å²) >= 11 is 0. The SMILES string of the molecule is O=C(O)c1ccc2nc(-c3cc4cc(CN5CCOCC5=O)ccc4o3)oc2c1. The van der Waals surface area contributed by atoms with Crippen LogP contribution in [0.25, 0.3) is 33.7 Å². The number of fused-ring (bicyclic) bond motifs is 2. The molecule has 1 aliphatic rings. The van der Waals surface area contributed by atoms with Crippen LogP contribution in [0, 0.1) is 0 Å². The van der Waals surface area contributed by atoms with Gasteiger partial charge in [0.1, 0.15) is 17.7 Å². The Morgan fingerprint density at radius 2 is 2.00 bits per heavy atom. The Kier molecular flexibility index (Phi) is 4.06. The Labute approximate surface area is 164 Å². The van der Waals surface area contributed by atoms with Crippen LogP contribution in [0.2, 0.25) is 0 Å². The van der Waals surface area contributed by atoms with Crippen LogP contribution in [-0.4, -0.2) is 46.6 Å². The molecule has 2 aromatic heterocycles. The summed E-state index contributed by atoms with van der Waals surface area (Å²) in [5.74, 6) is -0.312. The summed E-state index contributed by atoms with van der Waals surface area (Å²) < 4.78 is 16.7. The van der Waals surface area contributed by atoms with Crippen LogP contribution in [0.4, 0.5) is 0 Å². The van der Waals surface area contributed by atoms with Gasteiger partial charge >= 0.3 is 5.97 Å². The van der Waals surface area contributed by atoms with Crippen LogP contribution in [-0.2, 0) is 16.1 Å². The molecule has 1 amide bonds. The van der Waals surface area contributed by atoms with E-state index in [9.17, 15) is 9.59 Å². The molecule has 3 heterocycles. The van der Waals surface area contributed by atoms with Crippen molar-refractivity contribution in [2.75, 3.05) is 19.8 Å². The van der Waals surface area contributed by atoms with Crippen molar-refractivity contribution in [2.24, 2.45) is 0 Å². The van der Waals surface area contributed by atoms with Crippen LogP contribution >= 0.6 is 0 Å². The van der Waals surface area contributed by atoms with Gasteiger partial charge in [0, 0.05) is 18.5 Å². The third kappa shape index (κ3) is 3.23. The lowest BCUT2D eigenvalue weighted by atomic mass is 10.1. The second kappa shape index (κ2) is 6.75. The average Bonchev–Trinajstić information content (AvgIpc) is 3.32. The zero-order valence-electron chi connectivity index (χ0n) is 15.3. The molecule has 1 N–H and O–H groups in total. The van der Waals surface area contributed by atoms with Crippen molar-refractivity contribution < 1.29 is 28.3 Å². The minimum atomic E-state index is -1.03. The molecular formula is C21H16N2O6. The smallest absolute Gasteiger partial charge is 0.335 e. The molecule has 8 nitrogen and oxygen atoms in total. The molecule has 1 aliphatic heterocycles. The topological polar surface area (TPSA) is 106 Å². The Bertz CT molecular complexity index is 1250. The van der Waals surface area contributed by atoms with E-state index in [1.807, 2.05) is 24.3 Å². The number of carboxylic acids is 1. The summed E-state index contributed by atoms with van der Waals surface area (Å²) in [5.41, 5.74) is 2.73. The molecule has 0 atom stereocenters. The monoisotopic (exact) mass is 392 g/mol. The van der Waals surface area contributed by atoms with Gasteiger partial charge in [-0.05, 0) is 42.0 Å². The zero-order chi connectivity index (χ0) is 20.0. The van der Waals surface area contributed by atoms with Gasteiger partial charge in [0.2, 0.25) is 5.91 Å². The lowest BCUT2D eigenvalue weighted by molar-refractivity contribution is -0.143. The van der Waals surface area contributed by atoms with E-state index in [1.54, 1.807) is 11.0 Å². The highest BCUT2D eigenvalue weighted by atomic mass is 16.5. The second-order valence-electron chi connectivity index (χ2n) is 6.86. The summed E-state index contributed by atoms with van der Waals surface area (Å²) in [4.78, 5) is 29.2. The third-order valence-corrected chi connectivity index (χ3v) is 4.88. The summed E-state index contributed by atoms with van der Waals surface area (Å²) in [6.07, 6.45) is 0. The van der Waals surface area contributed by atoms with E-state index in [1.165, 1.54) is 12.1 Å². The predicted molar refractivity (Wildman–Crippen MR) is 102 cm³/mol. The average molecular weight is 392 g/mol. The molecule has 5 rings (SSSR count). The molecule has 0 radical (unpaired) electrons. The van der Waals surface area contributed by atoms with Gasteiger partial charge in [-0.2, -0.15) is 0 Å². The number of benzene rings is 2. The van der Waals surface area contributed by atoms with Gasteiger partial charge in [-0.3, -0.25) is 4.79 Å². The Morgan fingerprint density at radius 3 is 2.83 bits per heavy atom. The number of carbonyl (C=O) groups is 2. The van der Waals surface area contributed by atoms with Crippen LogP contribution < -0.4 is 0 Å².